The highest BCUT2D eigenvalue weighted by atomic mass is 16.6. The van der Waals surface area contributed by atoms with E-state index >= 15 is 0 Å². The Morgan fingerprint density at radius 3 is 1.10 bits per heavy atom. The van der Waals surface area contributed by atoms with Crippen molar-refractivity contribution in [3.05, 3.63) is 122 Å². The SMILES string of the molecule is CC/C=C\C/C=C\C/C=C\C/C=C\C/C=C\CCCC(=O)OCC(COCCCCCCCCC/C=C\C/C=C\C/C=C\CCCCC)OC(=O)CCCCCCC/C=C\C/C=C\CCCCC. The maximum atomic E-state index is 12.8. The Balaban J connectivity index is 4.42. The standard InChI is InChI=1S/C63H104O5/c1-4-7-10-13-16-19-22-25-28-30-31-32-34-37-40-43-46-49-52-55-58-66-59-61(68-63(65)57-54-51-48-45-42-39-35-27-24-21-18-15-12-9-6-3)60-67-62(64)56-53-50-47-44-41-38-36-33-29-26-23-20-17-14-11-8-5-2/h8,11,16-21,25-29,31-32,35-36,38,44,47,61H,4-7,9-10,12-15,22-24,30,33-34,37,39-43,45-46,48-60H2,1-3H3/b11-8-,19-16-,20-17-,21-18-,28-25-,29-26-,32-31-,35-27-,38-36-,47-44-. The highest BCUT2D eigenvalue weighted by Crippen LogP contribution is 2.13. The van der Waals surface area contributed by atoms with Crippen LogP contribution in [-0.4, -0.2) is 37.9 Å². The topological polar surface area (TPSA) is 61.8 Å². The third-order valence-electron chi connectivity index (χ3n) is 11.5. The van der Waals surface area contributed by atoms with Crippen molar-refractivity contribution in [1.82, 2.24) is 0 Å². The molecule has 0 radical (unpaired) electrons. The number of carbonyl (C=O) groups excluding carboxylic acids is 2. The molecule has 0 fully saturated rings. The number of allylic oxidation sites excluding steroid dienone is 20. The molecule has 5 nitrogen and oxygen atoms in total. The first-order chi connectivity index (χ1) is 33.6. The van der Waals surface area contributed by atoms with Crippen LogP contribution in [0.3, 0.4) is 0 Å². The Morgan fingerprint density at radius 1 is 0.338 bits per heavy atom. The van der Waals surface area contributed by atoms with Gasteiger partial charge in [0.15, 0.2) is 6.10 Å². The number of unbranched alkanes of at least 4 members (excludes halogenated alkanes) is 19. The summed E-state index contributed by atoms with van der Waals surface area (Å²) in [5.41, 5.74) is 0. The second-order valence-electron chi connectivity index (χ2n) is 18.1. The molecule has 0 saturated carbocycles. The van der Waals surface area contributed by atoms with Crippen molar-refractivity contribution in [3.63, 3.8) is 0 Å². The second-order valence-corrected chi connectivity index (χ2v) is 18.1. The van der Waals surface area contributed by atoms with E-state index in [1.165, 1.54) is 103 Å². The van der Waals surface area contributed by atoms with Gasteiger partial charge < -0.3 is 14.2 Å². The summed E-state index contributed by atoms with van der Waals surface area (Å²) in [5.74, 6) is -0.491. The van der Waals surface area contributed by atoms with Gasteiger partial charge in [0, 0.05) is 19.4 Å². The van der Waals surface area contributed by atoms with Gasteiger partial charge in [-0.2, -0.15) is 0 Å². The minimum atomic E-state index is -0.581. The molecule has 0 aliphatic carbocycles. The van der Waals surface area contributed by atoms with E-state index in [0.29, 0.717) is 19.4 Å². The molecule has 5 heteroatoms. The molecule has 0 heterocycles. The molecular weight excluding hydrogens is 837 g/mol. The number of rotatable bonds is 50. The van der Waals surface area contributed by atoms with Crippen molar-refractivity contribution < 1.29 is 23.8 Å². The molecule has 0 rings (SSSR count). The number of hydrogen-bond donors (Lipinski definition) is 0. The first-order valence-electron chi connectivity index (χ1n) is 28.1. The largest absolute Gasteiger partial charge is 0.462 e. The Hall–Kier alpha value is -3.70. The first kappa shape index (κ1) is 64.3. The van der Waals surface area contributed by atoms with Crippen molar-refractivity contribution in [2.75, 3.05) is 19.8 Å². The predicted molar refractivity (Wildman–Crippen MR) is 297 cm³/mol. The zero-order chi connectivity index (χ0) is 49.2. The van der Waals surface area contributed by atoms with Gasteiger partial charge in [-0.15, -0.1) is 0 Å². The average Bonchev–Trinajstić information content (AvgIpc) is 3.34. The van der Waals surface area contributed by atoms with Gasteiger partial charge in [0.05, 0.1) is 6.61 Å². The fourth-order valence-electron chi connectivity index (χ4n) is 7.29. The molecule has 0 aromatic rings. The molecule has 0 aromatic carbocycles. The van der Waals surface area contributed by atoms with Crippen molar-refractivity contribution in [1.29, 1.82) is 0 Å². The summed E-state index contributed by atoms with van der Waals surface area (Å²) in [7, 11) is 0. The van der Waals surface area contributed by atoms with E-state index < -0.39 is 6.10 Å². The van der Waals surface area contributed by atoms with Crippen molar-refractivity contribution in [2.45, 2.75) is 245 Å². The normalized spacial score (nSPS) is 13.2. The van der Waals surface area contributed by atoms with Crippen LogP contribution < -0.4 is 0 Å². The highest BCUT2D eigenvalue weighted by molar-refractivity contribution is 5.70. The van der Waals surface area contributed by atoms with E-state index in [-0.39, 0.29) is 25.2 Å². The molecule has 386 valence electrons. The van der Waals surface area contributed by atoms with Gasteiger partial charge in [0.2, 0.25) is 0 Å². The summed E-state index contributed by atoms with van der Waals surface area (Å²) in [5, 5.41) is 0. The summed E-state index contributed by atoms with van der Waals surface area (Å²) < 4.78 is 17.4. The zero-order valence-electron chi connectivity index (χ0n) is 44.3. The average molecular weight is 942 g/mol. The van der Waals surface area contributed by atoms with Gasteiger partial charge in [-0.05, 0) is 128 Å². The van der Waals surface area contributed by atoms with Crippen LogP contribution in [0.25, 0.3) is 0 Å². The van der Waals surface area contributed by atoms with E-state index in [1.54, 1.807) is 0 Å². The van der Waals surface area contributed by atoms with Gasteiger partial charge in [0.1, 0.15) is 6.61 Å². The lowest BCUT2D eigenvalue weighted by atomic mass is 10.1. The van der Waals surface area contributed by atoms with Crippen LogP contribution in [-0.2, 0) is 23.8 Å². The van der Waals surface area contributed by atoms with Crippen LogP contribution in [0.15, 0.2) is 122 Å². The van der Waals surface area contributed by atoms with Crippen LogP contribution in [0.5, 0.6) is 0 Å². The Morgan fingerprint density at radius 2 is 0.676 bits per heavy atom. The zero-order valence-corrected chi connectivity index (χ0v) is 44.3. The van der Waals surface area contributed by atoms with Crippen LogP contribution in [0.4, 0.5) is 0 Å². The minimum Gasteiger partial charge on any atom is -0.462 e. The molecular formula is C63H104O5. The van der Waals surface area contributed by atoms with Crippen LogP contribution in [0.1, 0.15) is 239 Å². The minimum absolute atomic E-state index is 0.0388. The van der Waals surface area contributed by atoms with Gasteiger partial charge in [-0.25, -0.2) is 0 Å². The van der Waals surface area contributed by atoms with E-state index in [4.69, 9.17) is 14.2 Å². The lowest BCUT2D eigenvalue weighted by Gasteiger charge is -2.18. The molecule has 0 aliphatic heterocycles. The number of ether oxygens (including phenoxy) is 3. The fourth-order valence-corrected chi connectivity index (χ4v) is 7.29. The van der Waals surface area contributed by atoms with Crippen molar-refractivity contribution in [3.8, 4) is 0 Å². The molecule has 0 N–H and O–H groups in total. The maximum absolute atomic E-state index is 12.8. The summed E-state index contributed by atoms with van der Waals surface area (Å²) >= 11 is 0. The molecule has 68 heavy (non-hydrogen) atoms. The molecule has 0 aromatic heterocycles. The summed E-state index contributed by atoms with van der Waals surface area (Å²) in [6.45, 7) is 7.56. The quantitative estimate of drug-likeness (QED) is 0.0345. The summed E-state index contributed by atoms with van der Waals surface area (Å²) in [4.78, 5) is 25.5. The van der Waals surface area contributed by atoms with Gasteiger partial charge in [0.25, 0.3) is 0 Å². The number of esters is 2. The third kappa shape index (κ3) is 54.9. The van der Waals surface area contributed by atoms with Gasteiger partial charge in [-0.3, -0.25) is 9.59 Å². The Labute approximate surface area is 420 Å². The van der Waals surface area contributed by atoms with Crippen LogP contribution in [0, 0.1) is 0 Å². The fraction of sp³-hybridized carbons (Fsp3) is 0.651. The lowest BCUT2D eigenvalue weighted by molar-refractivity contribution is -0.163. The maximum Gasteiger partial charge on any atom is 0.306 e. The first-order valence-corrected chi connectivity index (χ1v) is 28.1. The van der Waals surface area contributed by atoms with Gasteiger partial charge >= 0.3 is 11.9 Å². The van der Waals surface area contributed by atoms with Crippen molar-refractivity contribution in [2.24, 2.45) is 0 Å². The Kier molecular flexibility index (Phi) is 54.5. The Bertz CT molecular complexity index is 1390. The molecule has 0 spiro atoms. The highest BCUT2D eigenvalue weighted by Gasteiger charge is 2.17. The van der Waals surface area contributed by atoms with Crippen LogP contribution >= 0.6 is 0 Å². The van der Waals surface area contributed by atoms with E-state index in [2.05, 4.69) is 142 Å². The molecule has 0 bridgehead atoms. The predicted octanol–water partition coefficient (Wildman–Crippen LogP) is 19.3. The molecule has 0 saturated heterocycles. The summed E-state index contributed by atoms with van der Waals surface area (Å²) in [6, 6.07) is 0. The molecule has 0 amide bonds. The van der Waals surface area contributed by atoms with Gasteiger partial charge in [-0.1, -0.05) is 219 Å². The second kappa shape index (κ2) is 57.6. The molecule has 0 aliphatic rings. The summed E-state index contributed by atoms with van der Waals surface area (Å²) in [6.07, 6.45) is 80.7. The number of carbonyl (C=O) groups is 2. The monoisotopic (exact) mass is 941 g/mol. The van der Waals surface area contributed by atoms with Crippen LogP contribution in [0.2, 0.25) is 0 Å². The van der Waals surface area contributed by atoms with E-state index in [9.17, 15) is 9.59 Å². The molecule has 1 atom stereocenters. The molecule has 1 unspecified atom stereocenters. The van der Waals surface area contributed by atoms with E-state index in [0.717, 1.165) is 103 Å². The lowest BCUT2D eigenvalue weighted by Crippen LogP contribution is -2.30. The van der Waals surface area contributed by atoms with E-state index in [1.807, 2.05) is 0 Å². The third-order valence-corrected chi connectivity index (χ3v) is 11.5. The number of hydrogen-bond acceptors (Lipinski definition) is 5. The smallest absolute Gasteiger partial charge is 0.306 e. The van der Waals surface area contributed by atoms with Crippen molar-refractivity contribution >= 4 is 11.9 Å².